The van der Waals surface area contributed by atoms with Crippen LogP contribution in [-0.4, -0.2) is 5.11 Å². The van der Waals surface area contributed by atoms with Crippen molar-refractivity contribution >= 4 is 0 Å². The molecule has 0 heterocycles. The Morgan fingerprint density at radius 2 is 1.50 bits per heavy atom. The molecule has 1 unspecified atom stereocenters. The third-order valence-corrected chi connectivity index (χ3v) is 3.34. The van der Waals surface area contributed by atoms with Gasteiger partial charge in [-0.25, -0.2) is 8.78 Å². The monoisotopic (exact) mass is 276 g/mol. The first-order valence-electron chi connectivity index (χ1n) is 6.53. The molecule has 2 rings (SSSR count). The highest BCUT2D eigenvalue weighted by Gasteiger charge is 2.24. The van der Waals surface area contributed by atoms with Gasteiger partial charge in [0, 0.05) is 5.56 Å². The molecule has 0 aliphatic carbocycles. The number of halogens is 2. The third-order valence-electron chi connectivity index (χ3n) is 3.34. The van der Waals surface area contributed by atoms with Crippen LogP contribution in [0.2, 0.25) is 0 Å². The first kappa shape index (κ1) is 14.7. The Morgan fingerprint density at radius 3 is 2.15 bits per heavy atom. The van der Waals surface area contributed by atoms with E-state index in [9.17, 15) is 13.9 Å². The van der Waals surface area contributed by atoms with E-state index in [0.29, 0.717) is 5.56 Å². The number of hydrogen-bond acceptors (Lipinski definition) is 1. The van der Waals surface area contributed by atoms with Crippen LogP contribution in [-0.2, 0) is 5.41 Å². The number of rotatable bonds is 2. The predicted molar refractivity (Wildman–Crippen MR) is 75.6 cm³/mol. The highest BCUT2D eigenvalue weighted by molar-refractivity contribution is 5.39. The van der Waals surface area contributed by atoms with Gasteiger partial charge in [0.15, 0.2) is 11.6 Å². The molecule has 0 fully saturated rings. The average molecular weight is 276 g/mol. The predicted octanol–water partition coefficient (Wildman–Crippen LogP) is 4.34. The largest absolute Gasteiger partial charge is 0.384 e. The first-order chi connectivity index (χ1) is 9.32. The Morgan fingerprint density at radius 1 is 0.900 bits per heavy atom. The molecule has 2 aromatic carbocycles. The van der Waals surface area contributed by atoms with Crippen LogP contribution in [0.1, 0.15) is 43.6 Å². The van der Waals surface area contributed by atoms with E-state index < -0.39 is 17.7 Å². The molecule has 1 atom stereocenters. The summed E-state index contributed by atoms with van der Waals surface area (Å²) in [7, 11) is 0. The molecule has 0 spiro atoms. The molecule has 2 aromatic rings. The molecule has 0 saturated carbocycles. The summed E-state index contributed by atoms with van der Waals surface area (Å²) in [5.74, 6) is -1.95. The zero-order valence-corrected chi connectivity index (χ0v) is 11.8. The van der Waals surface area contributed by atoms with E-state index in [-0.39, 0.29) is 11.0 Å². The van der Waals surface area contributed by atoms with Gasteiger partial charge in [-0.2, -0.15) is 0 Å². The minimum absolute atomic E-state index is 0.0401. The molecule has 3 heteroatoms. The number of aliphatic hydroxyl groups excluding tert-OH is 1. The van der Waals surface area contributed by atoms with E-state index in [1.807, 2.05) is 32.9 Å². The van der Waals surface area contributed by atoms with Crippen molar-refractivity contribution in [3.05, 3.63) is 70.8 Å². The van der Waals surface area contributed by atoms with Crippen molar-refractivity contribution in [2.45, 2.75) is 32.3 Å². The first-order valence-corrected chi connectivity index (χ1v) is 6.53. The summed E-state index contributed by atoms with van der Waals surface area (Å²) >= 11 is 0. The standard InChI is InChI=1S/C17H18F2O/c1-17(2,3)13-9-5-4-7-11(13)16(20)12-8-6-10-14(18)15(12)19/h4-10,16,20H,1-3H3. The molecule has 0 radical (unpaired) electrons. The van der Waals surface area contributed by atoms with E-state index in [2.05, 4.69) is 0 Å². The molecule has 0 aliphatic heterocycles. The molecule has 20 heavy (non-hydrogen) atoms. The molecule has 1 nitrogen and oxygen atoms in total. The van der Waals surface area contributed by atoms with Crippen molar-refractivity contribution < 1.29 is 13.9 Å². The topological polar surface area (TPSA) is 20.2 Å². The summed E-state index contributed by atoms with van der Waals surface area (Å²) in [5.41, 5.74) is 1.28. The number of aliphatic hydroxyl groups is 1. The van der Waals surface area contributed by atoms with Crippen molar-refractivity contribution in [1.29, 1.82) is 0 Å². The van der Waals surface area contributed by atoms with Crippen molar-refractivity contribution in [3.63, 3.8) is 0 Å². The Bertz CT molecular complexity index is 615. The van der Waals surface area contributed by atoms with Crippen LogP contribution < -0.4 is 0 Å². The lowest BCUT2D eigenvalue weighted by Crippen LogP contribution is -2.17. The molecule has 0 amide bonds. The van der Waals surface area contributed by atoms with E-state index >= 15 is 0 Å². The summed E-state index contributed by atoms with van der Waals surface area (Å²) in [6.07, 6.45) is -1.18. The molecular weight excluding hydrogens is 258 g/mol. The van der Waals surface area contributed by atoms with Gasteiger partial charge in [-0.15, -0.1) is 0 Å². The van der Waals surface area contributed by atoms with E-state index in [0.717, 1.165) is 11.6 Å². The normalized spacial score (nSPS) is 13.3. The number of hydrogen-bond donors (Lipinski definition) is 1. The fourth-order valence-corrected chi connectivity index (χ4v) is 2.32. The second-order valence-corrected chi connectivity index (χ2v) is 5.88. The van der Waals surface area contributed by atoms with E-state index in [4.69, 9.17) is 0 Å². The third kappa shape index (κ3) is 2.73. The lowest BCUT2D eigenvalue weighted by atomic mass is 9.81. The van der Waals surface area contributed by atoms with Gasteiger partial charge >= 0.3 is 0 Å². The Hall–Kier alpha value is -1.74. The maximum absolute atomic E-state index is 13.8. The van der Waals surface area contributed by atoms with Crippen molar-refractivity contribution in [3.8, 4) is 0 Å². The summed E-state index contributed by atoms with van der Waals surface area (Å²) in [6, 6.07) is 11.1. The highest BCUT2D eigenvalue weighted by Crippen LogP contribution is 2.33. The molecule has 0 saturated heterocycles. The second-order valence-electron chi connectivity index (χ2n) is 5.88. The number of benzene rings is 2. The summed E-state index contributed by atoms with van der Waals surface area (Å²) in [5, 5.41) is 10.4. The van der Waals surface area contributed by atoms with Gasteiger partial charge < -0.3 is 5.11 Å². The van der Waals surface area contributed by atoms with Crippen LogP contribution in [0.3, 0.4) is 0 Å². The maximum Gasteiger partial charge on any atom is 0.164 e. The fraction of sp³-hybridized carbons (Fsp3) is 0.294. The zero-order valence-electron chi connectivity index (χ0n) is 11.8. The molecule has 0 bridgehead atoms. The lowest BCUT2D eigenvalue weighted by Gasteiger charge is -2.25. The minimum atomic E-state index is -1.18. The summed E-state index contributed by atoms with van der Waals surface area (Å²) in [6.45, 7) is 6.04. The Labute approximate surface area is 117 Å². The Balaban J connectivity index is 2.55. The van der Waals surface area contributed by atoms with Gasteiger partial charge in [-0.1, -0.05) is 57.2 Å². The van der Waals surface area contributed by atoms with Crippen LogP contribution in [0, 0.1) is 11.6 Å². The van der Waals surface area contributed by atoms with Crippen molar-refractivity contribution in [1.82, 2.24) is 0 Å². The van der Waals surface area contributed by atoms with Crippen molar-refractivity contribution in [2.24, 2.45) is 0 Å². The SMILES string of the molecule is CC(C)(C)c1ccccc1C(O)c1cccc(F)c1F. The fourth-order valence-electron chi connectivity index (χ4n) is 2.32. The maximum atomic E-state index is 13.8. The van der Waals surface area contributed by atoms with Crippen LogP contribution in [0.5, 0.6) is 0 Å². The molecule has 1 N–H and O–H groups in total. The second kappa shape index (κ2) is 5.33. The van der Waals surface area contributed by atoms with Gasteiger partial charge in [0.2, 0.25) is 0 Å². The molecule has 106 valence electrons. The van der Waals surface area contributed by atoms with Crippen LogP contribution in [0.25, 0.3) is 0 Å². The van der Waals surface area contributed by atoms with Gasteiger partial charge in [-0.3, -0.25) is 0 Å². The van der Waals surface area contributed by atoms with Gasteiger partial charge in [0.1, 0.15) is 6.10 Å². The molecule has 0 aromatic heterocycles. The lowest BCUT2D eigenvalue weighted by molar-refractivity contribution is 0.210. The highest BCUT2D eigenvalue weighted by atomic mass is 19.2. The van der Waals surface area contributed by atoms with E-state index in [1.165, 1.54) is 12.1 Å². The van der Waals surface area contributed by atoms with Gasteiger partial charge in [0.25, 0.3) is 0 Å². The Kier molecular flexibility index (Phi) is 3.91. The summed E-state index contributed by atoms with van der Waals surface area (Å²) < 4.78 is 27.1. The smallest absolute Gasteiger partial charge is 0.164 e. The van der Waals surface area contributed by atoms with Gasteiger partial charge in [-0.05, 0) is 22.6 Å². The molecular formula is C17H18F2O. The average Bonchev–Trinajstić information content (AvgIpc) is 2.40. The minimum Gasteiger partial charge on any atom is -0.384 e. The van der Waals surface area contributed by atoms with Crippen LogP contribution >= 0.6 is 0 Å². The van der Waals surface area contributed by atoms with Crippen LogP contribution in [0.15, 0.2) is 42.5 Å². The quantitative estimate of drug-likeness (QED) is 0.865. The van der Waals surface area contributed by atoms with E-state index in [1.54, 1.807) is 12.1 Å². The zero-order chi connectivity index (χ0) is 14.9. The van der Waals surface area contributed by atoms with Gasteiger partial charge in [0.05, 0.1) is 0 Å². The molecule has 0 aliphatic rings. The van der Waals surface area contributed by atoms with Crippen LogP contribution in [0.4, 0.5) is 8.78 Å². The summed E-state index contributed by atoms with van der Waals surface area (Å²) in [4.78, 5) is 0. The van der Waals surface area contributed by atoms with Crippen molar-refractivity contribution in [2.75, 3.05) is 0 Å².